The first-order chi connectivity index (χ1) is 12.9. The summed E-state index contributed by atoms with van der Waals surface area (Å²) < 4.78 is 36.0. The molecule has 0 aliphatic carbocycles. The number of imidazole rings is 1. The number of ether oxygens (including phenoxy) is 1. The van der Waals surface area contributed by atoms with Gasteiger partial charge in [-0.2, -0.15) is 0 Å². The predicted molar refractivity (Wildman–Crippen MR) is 86.2 cm³/mol. The summed E-state index contributed by atoms with van der Waals surface area (Å²) >= 11 is 3.07. The van der Waals surface area contributed by atoms with Crippen LogP contribution < -0.4 is 74.5 Å². The van der Waals surface area contributed by atoms with Crippen molar-refractivity contribution in [3.63, 3.8) is 0 Å². The van der Waals surface area contributed by atoms with Crippen LogP contribution in [0.1, 0.15) is 6.23 Å². The van der Waals surface area contributed by atoms with E-state index in [1.54, 1.807) is 0 Å². The fraction of sp³-hybridized carbons (Fsp3) is 0.500. The summed E-state index contributed by atoms with van der Waals surface area (Å²) in [6.45, 7) is -0.951. The van der Waals surface area contributed by atoms with E-state index in [2.05, 4.69) is 39.7 Å². The van der Waals surface area contributed by atoms with E-state index < -0.39 is 52.4 Å². The molecule has 15 nitrogen and oxygen atoms in total. The number of aliphatic hydroxyl groups excluding tert-OH is 2. The molecule has 0 saturated carbocycles. The molecule has 2 unspecified atom stereocenters. The minimum Gasteiger partial charge on any atom is -0.756 e. The Hall–Kier alpha value is 0.970. The van der Waals surface area contributed by atoms with E-state index >= 15 is 0 Å². The van der Waals surface area contributed by atoms with Gasteiger partial charge in [0.05, 0.1) is 12.9 Å². The number of nitrogens with zero attached hydrogens (tertiary/aromatic N) is 3. The monoisotopic (exact) mass is 550 g/mol. The molecule has 0 aromatic carbocycles. The van der Waals surface area contributed by atoms with E-state index in [0.29, 0.717) is 0 Å². The molecular formula is C10H11BrN4Na2O11P2. The van der Waals surface area contributed by atoms with Gasteiger partial charge in [0.25, 0.3) is 21.2 Å². The number of aromatic nitrogens is 4. The summed E-state index contributed by atoms with van der Waals surface area (Å²) in [6.07, 6.45) is -5.03. The third-order valence-electron chi connectivity index (χ3n) is 3.63. The summed E-state index contributed by atoms with van der Waals surface area (Å²) in [4.78, 5) is 52.2. The van der Waals surface area contributed by atoms with Crippen LogP contribution in [0.4, 0.5) is 0 Å². The number of H-pyrrole nitrogens is 1. The van der Waals surface area contributed by atoms with Crippen LogP contribution in [-0.2, 0) is 22.7 Å². The van der Waals surface area contributed by atoms with E-state index in [9.17, 15) is 33.9 Å². The number of phosphoric acid groups is 2. The maximum absolute atomic E-state index is 11.8. The molecule has 156 valence electrons. The Morgan fingerprint density at radius 3 is 2.53 bits per heavy atom. The van der Waals surface area contributed by atoms with Gasteiger partial charge in [-0.25, -0.2) is 14.3 Å². The maximum Gasteiger partial charge on any atom is 1.00 e. The average Bonchev–Trinajstić information content (AvgIpc) is 3.02. The summed E-state index contributed by atoms with van der Waals surface area (Å²) in [7, 11) is -11.1. The molecule has 2 aromatic rings. The minimum absolute atomic E-state index is 0. The topological polar surface area (TPSA) is 232 Å². The predicted octanol–water partition coefficient (Wildman–Crippen LogP) is -8.53. The van der Waals surface area contributed by atoms with Crippen molar-refractivity contribution in [1.82, 2.24) is 19.5 Å². The molecule has 30 heavy (non-hydrogen) atoms. The molecular weight excluding hydrogens is 540 g/mol. The standard InChI is InChI=1S/C10H13BrN4O11P2.2Na/c11-10-14-4-7(12-2-13-8(4)18)15(10)9-6(17)5(16)3(25-9)1-24-28(22,23)26-27(19,20)21;;/h2-3,5-6,9,16-17H,1H2,(H,22,23)(H,12,13,18)(H2,19,20,21);;/q;2*+1/p-2/t3-,5-,6-,9-;;/m0../s1. The van der Waals surface area contributed by atoms with Crippen molar-refractivity contribution < 1.29 is 107 Å². The molecule has 3 heterocycles. The smallest absolute Gasteiger partial charge is 0.756 e. The number of fused-ring (bicyclic) bond motifs is 1. The molecule has 0 radical (unpaired) electrons. The molecule has 3 rings (SSSR count). The summed E-state index contributed by atoms with van der Waals surface area (Å²) in [5, 5.41) is 20.3. The fourth-order valence-electron chi connectivity index (χ4n) is 2.51. The van der Waals surface area contributed by atoms with E-state index in [4.69, 9.17) is 9.63 Å². The molecule has 1 saturated heterocycles. The first-order valence-corrected chi connectivity index (χ1v) is 11.0. The second-order valence-corrected chi connectivity index (χ2v) is 8.95. The maximum atomic E-state index is 11.8. The van der Waals surface area contributed by atoms with Crippen LogP contribution in [0.25, 0.3) is 11.2 Å². The number of phosphoric ester groups is 1. The Bertz CT molecular complexity index is 1050. The van der Waals surface area contributed by atoms with Crippen LogP contribution in [0.2, 0.25) is 0 Å². The Morgan fingerprint density at radius 2 is 1.93 bits per heavy atom. The van der Waals surface area contributed by atoms with Crippen molar-refractivity contribution in [2.45, 2.75) is 24.5 Å². The number of hydrogen-bond acceptors (Lipinski definition) is 12. The van der Waals surface area contributed by atoms with Crippen molar-refractivity contribution >= 4 is 42.7 Å². The zero-order chi connectivity index (χ0) is 20.9. The second-order valence-electron chi connectivity index (χ2n) is 5.49. The number of hydrogen-bond donors (Lipinski definition) is 4. The molecule has 6 atom stereocenters. The summed E-state index contributed by atoms with van der Waals surface area (Å²) in [5.74, 6) is 0. The summed E-state index contributed by atoms with van der Waals surface area (Å²) in [6, 6.07) is 0. The van der Waals surface area contributed by atoms with Crippen LogP contribution in [0.3, 0.4) is 0 Å². The Labute approximate surface area is 219 Å². The SMILES string of the molecule is O=c1[nH]cnc2c1nc(Br)n2[C@H]1O[C@@H](COP(=O)([O-])OP(=O)([O-])O)[C@H](O)[C@@H]1O.[Na+].[Na+]. The van der Waals surface area contributed by atoms with Gasteiger partial charge in [-0.3, -0.25) is 18.5 Å². The van der Waals surface area contributed by atoms with Gasteiger partial charge in [-0.15, -0.1) is 0 Å². The van der Waals surface area contributed by atoms with Gasteiger partial charge in [0.2, 0.25) is 0 Å². The van der Waals surface area contributed by atoms with Crippen molar-refractivity contribution in [2.75, 3.05) is 6.61 Å². The van der Waals surface area contributed by atoms with Crippen LogP contribution in [0.15, 0.2) is 15.9 Å². The first kappa shape index (κ1) is 29.0. The number of nitrogens with one attached hydrogen (secondary N) is 1. The van der Waals surface area contributed by atoms with Gasteiger partial charge < -0.3 is 39.1 Å². The van der Waals surface area contributed by atoms with Crippen molar-refractivity contribution in [2.24, 2.45) is 0 Å². The van der Waals surface area contributed by atoms with Gasteiger partial charge >= 0.3 is 59.1 Å². The number of halogens is 1. The van der Waals surface area contributed by atoms with Gasteiger partial charge in [-0.1, -0.05) is 0 Å². The molecule has 1 fully saturated rings. The molecule has 0 bridgehead atoms. The molecule has 20 heteroatoms. The number of aromatic amines is 1. The van der Waals surface area contributed by atoms with Crippen LogP contribution in [0, 0.1) is 0 Å². The number of aliphatic hydroxyl groups is 2. The summed E-state index contributed by atoms with van der Waals surface area (Å²) in [5.41, 5.74) is -0.669. The van der Waals surface area contributed by atoms with Gasteiger partial charge in [-0.05, 0) is 15.9 Å². The normalized spacial score (nSPS) is 27.7. The molecule has 2 aromatic heterocycles. The first-order valence-electron chi connectivity index (χ1n) is 7.23. The third kappa shape index (κ3) is 6.52. The zero-order valence-corrected chi connectivity index (χ0v) is 22.7. The molecule has 1 aliphatic rings. The Morgan fingerprint density at radius 1 is 1.30 bits per heavy atom. The van der Waals surface area contributed by atoms with E-state index in [1.165, 1.54) is 0 Å². The Kier molecular flexibility index (Phi) is 10.6. The molecule has 4 N–H and O–H groups in total. The second kappa shape index (κ2) is 10.9. The van der Waals surface area contributed by atoms with Gasteiger partial charge in [0.15, 0.2) is 22.1 Å². The van der Waals surface area contributed by atoms with Crippen molar-refractivity contribution in [3.8, 4) is 0 Å². The molecule has 0 amide bonds. The third-order valence-corrected chi connectivity index (χ3v) is 6.28. The minimum atomic E-state index is -5.63. The average molecular weight is 551 g/mol. The van der Waals surface area contributed by atoms with Crippen molar-refractivity contribution in [3.05, 3.63) is 21.4 Å². The Balaban J connectivity index is 0.00000225. The zero-order valence-electron chi connectivity index (χ0n) is 15.3. The number of rotatable bonds is 6. The molecule has 0 spiro atoms. The van der Waals surface area contributed by atoms with Crippen LogP contribution in [0.5, 0.6) is 0 Å². The van der Waals surface area contributed by atoms with E-state index in [0.717, 1.165) is 10.9 Å². The molecule has 1 aliphatic heterocycles. The van der Waals surface area contributed by atoms with E-state index in [1.807, 2.05) is 0 Å². The van der Waals surface area contributed by atoms with Crippen LogP contribution >= 0.6 is 31.6 Å². The van der Waals surface area contributed by atoms with Crippen LogP contribution in [-0.4, -0.2) is 59.5 Å². The fourth-order valence-corrected chi connectivity index (χ4v) is 4.59. The quantitative estimate of drug-likeness (QED) is 0.149. The van der Waals surface area contributed by atoms with Gasteiger partial charge in [0.1, 0.15) is 18.3 Å². The van der Waals surface area contributed by atoms with Crippen molar-refractivity contribution in [1.29, 1.82) is 0 Å². The van der Waals surface area contributed by atoms with Gasteiger partial charge in [0, 0.05) is 0 Å². The van der Waals surface area contributed by atoms with E-state index in [-0.39, 0.29) is 75.0 Å². The largest absolute Gasteiger partial charge is 1.00 e.